The van der Waals surface area contributed by atoms with E-state index in [-0.39, 0.29) is 18.7 Å². The third-order valence-corrected chi connectivity index (χ3v) is 4.96. The summed E-state index contributed by atoms with van der Waals surface area (Å²) >= 11 is 1.34. The highest BCUT2D eigenvalue weighted by atomic mass is 32.1. The van der Waals surface area contributed by atoms with Gasteiger partial charge >= 0.3 is 5.97 Å². The van der Waals surface area contributed by atoms with Gasteiger partial charge < -0.3 is 14.8 Å². The van der Waals surface area contributed by atoms with Crippen molar-refractivity contribution in [3.05, 3.63) is 57.0 Å². The predicted molar refractivity (Wildman–Crippen MR) is 111 cm³/mol. The van der Waals surface area contributed by atoms with Gasteiger partial charge in [0.25, 0.3) is 11.5 Å². The van der Waals surface area contributed by atoms with Crippen molar-refractivity contribution >= 4 is 28.2 Å². The number of aromatic nitrogens is 3. The Morgan fingerprint density at radius 2 is 2.07 bits per heavy atom. The molecule has 3 aromatic rings. The predicted octanol–water partition coefficient (Wildman–Crippen LogP) is 1.83. The van der Waals surface area contributed by atoms with Crippen LogP contribution in [0.1, 0.15) is 34.9 Å². The van der Waals surface area contributed by atoms with Crippen molar-refractivity contribution in [2.75, 3.05) is 13.7 Å². The van der Waals surface area contributed by atoms with Gasteiger partial charge in [0.2, 0.25) is 4.96 Å². The maximum atomic E-state index is 12.2. The van der Waals surface area contributed by atoms with E-state index in [4.69, 9.17) is 9.47 Å². The zero-order chi connectivity index (χ0) is 21.7. The van der Waals surface area contributed by atoms with E-state index in [1.54, 1.807) is 24.3 Å². The largest absolute Gasteiger partial charge is 0.497 e. The molecule has 3 rings (SSSR count). The van der Waals surface area contributed by atoms with E-state index in [9.17, 15) is 14.4 Å². The highest BCUT2D eigenvalue weighted by Crippen LogP contribution is 2.15. The van der Waals surface area contributed by atoms with Gasteiger partial charge in [0.1, 0.15) is 23.9 Å². The van der Waals surface area contributed by atoms with Crippen LogP contribution in [0.2, 0.25) is 0 Å². The molecule has 2 aromatic heterocycles. The van der Waals surface area contributed by atoms with Crippen LogP contribution in [0.5, 0.6) is 5.75 Å². The summed E-state index contributed by atoms with van der Waals surface area (Å²) in [5.41, 5.74) is 0.362. The van der Waals surface area contributed by atoms with Gasteiger partial charge in [0, 0.05) is 18.1 Å². The van der Waals surface area contributed by atoms with Crippen LogP contribution in [-0.4, -0.2) is 40.1 Å². The number of nitrogens with one attached hydrogen (secondary N) is 1. The normalized spacial score (nSPS) is 10.9. The van der Waals surface area contributed by atoms with E-state index in [1.165, 1.54) is 29.0 Å². The number of ether oxygens (including phenoxy) is 2. The maximum absolute atomic E-state index is 12.2. The molecule has 158 valence electrons. The Bertz CT molecular complexity index is 1120. The first-order chi connectivity index (χ1) is 14.4. The van der Waals surface area contributed by atoms with Crippen molar-refractivity contribution in [3.8, 4) is 5.75 Å². The summed E-state index contributed by atoms with van der Waals surface area (Å²) in [7, 11) is 1.50. The third-order valence-electron chi connectivity index (χ3n) is 4.03. The van der Waals surface area contributed by atoms with Crippen molar-refractivity contribution < 1.29 is 19.1 Å². The number of fused-ring (bicyclic) bond motifs is 1. The zero-order valence-corrected chi connectivity index (χ0v) is 17.7. The second-order valence-corrected chi connectivity index (χ2v) is 7.99. The van der Waals surface area contributed by atoms with Gasteiger partial charge in [-0.25, -0.2) is 4.98 Å². The number of methoxy groups -OCH3 is 1. The fourth-order valence-electron chi connectivity index (χ4n) is 2.63. The number of rotatable bonds is 8. The Balaban J connectivity index is 1.57. The van der Waals surface area contributed by atoms with Gasteiger partial charge in [-0.3, -0.25) is 14.4 Å². The van der Waals surface area contributed by atoms with E-state index >= 15 is 0 Å². The van der Waals surface area contributed by atoms with E-state index in [2.05, 4.69) is 29.2 Å². The van der Waals surface area contributed by atoms with Crippen LogP contribution < -0.4 is 15.6 Å². The van der Waals surface area contributed by atoms with Crippen LogP contribution in [0.4, 0.5) is 0 Å². The summed E-state index contributed by atoms with van der Waals surface area (Å²) in [6, 6.07) is 7.85. The molecule has 1 amide bonds. The Kier molecular flexibility index (Phi) is 6.78. The number of carbonyl (C=O) groups is 2. The summed E-state index contributed by atoms with van der Waals surface area (Å²) in [5.74, 6) is -0.115. The topological polar surface area (TPSA) is 112 Å². The van der Waals surface area contributed by atoms with Crippen molar-refractivity contribution in [1.82, 2.24) is 19.9 Å². The summed E-state index contributed by atoms with van der Waals surface area (Å²) in [4.78, 5) is 41.1. The lowest BCUT2D eigenvalue weighted by molar-refractivity contribution is -0.143. The van der Waals surface area contributed by atoms with Gasteiger partial charge in [-0.2, -0.15) is 9.61 Å². The number of hydrogen-bond donors (Lipinski definition) is 1. The molecule has 0 saturated carbocycles. The van der Waals surface area contributed by atoms with Gasteiger partial charge in [0.05, 0.1) is 12.8 Å². The van der Waals surface area contributed by atoms with E-state index in [1.807, 2.05) is 0 Å². The van der Waals surface area contributed by atoms with Crippen molar-refractivity contribution in [3.63, 3.8) is 0 Å². The lowest BCUT2D eigenvalue weighted by Gasteiger charge is -2.07. The van der Waals surface area contributed by atoms with E-state index in [0.717, 1.165) is 11.4 Å². The van der Waals surface area contributed by atoms with Crippen molar-refractivity contribution in [2.24, 2.45) is 5.92 Å². The molecule has 9 nitrogen and oxygen atoms in total. The molecule has 0 aliphatic carbocycles. The van der Waals surface area contributed by atoms with Crippen molar-refractivity contribution in [1.29, 1.82) is 0 Å². The van der Waals surface area contributed by atoms with Gasteiger partial charge in [-0.05, 0) is 24.1 Å². The van der Waals surface area contributed by atoms with E-state index < -0.39 is 11.9 Å². The minimum atomic E-state index is -0.641. The first-order valence-electron chi connectivity index (χ1n) is 9.32. The average molecular weight is 430 g/mol. The molecule has 0 unspecified atom stereocenters. The number of esters is 1. The van der Waals surface area contributed by atoms with Crippen molar-refractivity contribution in [2.45, 2.75) is 26.9 Å². The fraction of sp³-hybridized carbons (Fsp3) is 0.350. The van der Waals surface area contributed by atoms with Crippen LogP contribution in [0.25, 0.3) is 4.96 Å². The van der Waals surface area contributed by atoms with Gasteiger partial charge in [0.15, 0.2) is 0 Å². The standard InChI is InChI=1S/C20H22N4O5S/c1-12(2)7-16-23-24-17(25)9-14(22-20(24)30-16)11-29-18(26)10-21-19(27)13-5-4-6-15(8-13)28-3/h4-6,8-9,12H,7,10-11H2,1-3H3,(H,21,27). The fourth-order valence-corrected chi connectivity index (χ4v) is 3.76. The summed E-state index contributed by atoms with van der Waals surface area (Å²) < 4.78 is 11.5. The number of hydrogen-bond acceptors (Lipinski definition) is 8. The smallest absolute Gasteiger partial charge is 0.325 e. The minimum absolute atomic E-state index is 0.170. The monoisotopic (exact) mass is 430 g/mol. The van der Waals surface area contributed by atoms with Crippen LogP contribution in [0.3, 0.4) is 0 Å². The number of nitrogens with zero attached hydrogens (tertiary/aromatic N) is 3. The molecule has 30 heavy (non-hydrogen) atoms. The molecule has 1 N–H and O–H groups in total. The van der Waals surface area contributed by atoms with E-state index in [0.29, 0.717) is 27.9 Å². The molecule has 0 bridgehead atoms. The first kappa shape index (κ1) is 21.4. The highest BCUT2D eigenvalue weighted by molar-refractivity contribution is 7.16. The Morgan fingerprint density at radius 1 is 1.27 bits per heavy atom. The Morgan fingerprint density at radius 3 is 2.80 bits per heavy atom. The van der Waals surface area contributed by atoms with Gasteiger partial charge in [-0.15, -0.1) is 0 Å². The Hall–Kier alpha value is -3.27. The molecule has 1 aromatic carbocycles. The molecule has 10 heteroatoms. The number of carbonyl (C=O) groups excluding carboxylic acids is 2. The molecule has 0 aliphatic rings. The SMILES string of the molecule is COc1cccc(C(=O)NCC(=O)OCc2cc(=O)n3nc(CC(C)C)sc3n2)c1. The second kappa shape index (κ2) is 9.49. The molecule has 0 fully saturated rings. The first-order valence-corrected chi connectivity index (χ1v) is 10.1. The second-order valence-electron chi connectivity index (χ2n) is 6.95. The average Bonchev–Trinajstić information content (AvgIpc) is 3.12. The molecular weight excluding hydrogens is 408 g/mol. The summed E-state index contributed by atoms with van der Waals surface area (Å²) in [5, 5.41) is 7.58. The molecule has 0 atom stereocenters. The quantitative estimate of drug-likeness (QED) is 0.543. The van der Waals surface area contributed by atoms with Crippen LogP contribution >= 0.6 is 11.3 Å². The maximum Gasteiger partial charge on any atom is 0.325 e. The third kappa shape index (κ3) is 5.41. The van der Waals surface area contributed by atoms with Crippen LogP contribution in [0.15, 0.2) is 35.1 Å². The lowest BCUT2D eigenvalue weighted by atomic mass is 10.1. The Labute approximate surface area is 176 Å². The zero-order valence-electron chi connectivity index (χ0n) is 16.9. The molecule has 0 saturated heterocycles. The highest BCUT2D eigenvalue weighted by Gasteiger charge is 2.13. The minimum Gasteiger partial charge on any atom is -0.497 e. The summed E-state index contributed by atoms with van der Waals surface area (Å²) in [6.07, 6.45) is 0.755. The molecule has 0 aliphatic heterocycles. The van der Waals surface area contributed by atoms with Crippen LogP contribution in [-0.2, 0) is 22.6 Å². The van der Waals surface area contributed by atoms with Gasteiger partial charge in [-0.1, -0.05) is 31.3 Å². The number of benzene rings is 1. The lowest BCUT2D eigenvalue weighted by Crippen LogP contribution is -2.30. The van der Waals surface area contributed by atoms with Crippen LogP contribution in [0, 0.1) is 5.92 Å². The molecular formula is C20H22N4O5S. The summed E-state index contributed by atoms with van der Waals surface area (Å²) in [6.45, 7) is 3.66. The number of amides is 1. The molecule has 0 spiro atoms. The molecule has 0 radical (unpaired) electrons. The molecule has 2 heterocycles.